The number of allylic oxidation sites excluding steroid dienone is 1. The van der Waals surface area contributed by atoms with Gasteiger partial charge in [-0.2, -0.15) is 0 Å². The molecule has 1 aromatic carbocycles. The van der Waals surface area contributed by atoms with Gasteiger partial charge in [-0.1, -0.05) is 6.58 Å². The minimum atomic E-state index is 0.621. The van der Waals surface area contributed by atoms with Crippen LogP contribution in [0.25, 0.3) is 0 Å². The first-order chi connectivity index (χ1) is 6.54. The van der Waals surface area contributed by atoms with E-state index < -0.39 is 0 Å². The van der Waals surface area contributed by atoms with Gasteiger partial charge in [-0.25, -0.2) is 0 Å². The standard InChI is InChI=1S/C12H14O2/c1-8(2)14-12-6-11(7-13)5-9(3)10(12)4/h5-7H,1H2,2-4H3. The van der Waals surface area contributed by atoms with Gasteiger partial charge in [0.1, 0.15) is 12.0 Å². The van der Waals surface area contributed by atoms with E-state index in [1.165, 1.54) is 0 Å². The quantitative estimate of drug-likeness (QED) is 0.541. The summed E-state index contributed by atoms with van der Waals surface area (Å²) in [5, 5.41) is 0. The first-order valence-corrected chi connectivity index (χ1v) is 4.44. The van der Waals surface area contributed by atoms with E-state index in [2.05, 4.69) is 6.58 Å². The minimum Gasteiger partial charge on any atom is -0.462 e. The lowest BCUT2D eigenvalue weighted by atomic mass is 10.1. The van der Waals surface area contributed by atoms with E-state index in [-0.39, 0.29) is 0 Å². The average Bonchev–Trinajstić information content (AvgIpc) is 2.11. The highest BCUT2D eigenvalue weighted by Crippen LogP contribution is 2.24. The normalized spacial score (nSPS) is 9.64. The SMILES string of the molecule is C=C(C)Oc1cc(C=O)cc(C)c1C. The average molecular weight is 190 g/mol. The van der Waals surface area contributed by atoms with Crippen LogP contribution in [-0.2, 0) is 0 Å². The van der Waals surface area contributed by atoms with Crippen molar-refractivity contribution in [3.63, 3.8) is 0 Å². The van der Waals surface area contributed by atoms with Gasteiger partial charge in [-0.15, -0.1) is 0 Å². The molecule has 0 aliphatic heterocycles. The van der Waals surface area contributed by atoms with Gasteiger partial charge in [0, 0.05) is 5.56 Å². The van der Waals surface area contributed by atoms with E-state index in [0.717, 1.165) is 17.4 Å². The number of hydrogen-bond donors (Lipinski definition) is 0. The van der Waals surface area contributed by atoms with Gasteiger partial charge in [0.25, 0.3) is 0 Å². The molecule has 1 aromatic rings. The van der Waals surface area contributed by atoms with Crippen molar-refractivity contribution in [3.8, 4) is 5.75 Å². The van der Waals surface area contributed by atoms with Crippen LogP contribution in [0.15, 0.2) is 24.5 Å². The van der Waals surface area contributed by atoms with Gasteiger partial charge >= 0.3 is 0 Å². The molecule has 2 heteroatoms. The third-order valence-corrected chi connectivity index (χ3v) is 2.06. The van der Waals surface area contributed by atoms with Crippen LogP contribution in [0, 0.1) is 13.8 Å². The van der Waals surface area contributed by atoms with Crippen molar-refractivity contribution < 1.29 is 9.53 Å². The smallest absolute Gasteiger partial charge is 0.150 e. The summed E-state index contributed by atoms with van der Waals surface area (Å²) in [6.07, 6.45) is 0.817. The molecule has 0 unspecified atom stereocenters. The first kappa shape index (κ1) is 10.5. The zero-order valence-corrected chi connectivity index (χ0v) is 8.76. The molecule has 0 spiro atoms. The molecule has 14 heavy (non-hydrogen) atoms. The fourth-order valence-electron chi connectivity index (χ4n) is 1.22. The molecule has 0 heterocycles. The van der Waals surface area contributed by atoms with Crippen molar-refractivity contribution in [2.45, 2.75) is 20.8 Å². The second-order valence-corrected chi connectivity index (χ2v) is 3.38. The molecule has 0 fully saturated rings. The summed E-state index contributed by atoms with van der Waals surface area (Å²) < 4.78 is 5.41. The van der Waals surface area contributed by atoms with Crippen LogP contribution in [0.3, 0.4) is 0 Å². The topological polar surface area (TPSA) is 26.3 Å². The van der Waals surface area contributed by atoms with E-state index in [1.807, 2.05) is 19.9 Å². The Morgan fingerprint density at radius 3 is 2.57 bits per heavy atom. The third kappa shape index (κ3) is 2.22. The van der Waals surface area contributed by atoms with Crippen LogP contribution in [0.5, 0.6) is 5.75 Å². The molecule has 1 rings (SSSR count). The molecule has 0 amide bonds. The maximum Gasteiger partial charge on any atom is 0.150 e. The summed E-state index contributed by atoms with van der Waals surface area (Å²) in [6, 6.07) is 3.57. The molecule has 0 radical (unpaired) electrons. The van der Waals surface area contributed by atoms with Gasteiger partial charge in [0.05, 0.1) is 5.76 Å². The van der Waals surface area contributed by atoms with Crippen molar-refractivity contribution in [3.05, 3.63) is 41.2 Å². The van der Waals surface area contributed by atoms with E-state index in [4.69, 9.17) is 4.74 Å². The monoisotopic (exact) mass is 190 g/mol. The highest BCUT2D eigenvalue weighted by molar-refractivity contribution is 5.76. The van der Waals surface area contributed by atoms with E-state index in [9.17, 15) is 4.79 Å². The highest BCUT2D eigenvalue weighted by atomic mass is 16.5. The predicted molar refractivity (Wildman–Crippen MR) is 56.7 cm³/mol. The Labute approximate surface area is 84.2 Å². The lowest BCUT2D eigenvalue weighted by Gasteiger charge is -2.10. The lowest BCUT2D eigenvalue weighted by Crippen LogP contribution is -1.95. The second kappa shape index (κ2) is 4.09. The summed E-state index contributed by atoms with van der Waals surface area (Å²) in [6.45, 7) is 9.36. The zero-order valence-electron chi connectivity index (χ0n) is 8.76. The molecule has 0 aromatic heterocycles. The Morgan fingerprint density at radius 1 is 1.43 bits per heavy atom. The van der Waals surface area contributed by atoms with Crippen LogP contribution in [0.4, 0.5) is 0 Å². The number of ether oxygens (including phenoxy) is 1. The summed E-state index contributed by atoms with van der Waals surface area (Å²) in [5.41, 5.74) is 2.72. The summed E-state index contributed by atoms with van der Waals surface area (Å²) in [4.78, 5) is 10.6. The summed E-state index contributed by atoms with van der Waals surface area (Å²) in [5.74, 6) is 1.33. The van der Waals surface area contributed by atoms with Crippen LogP contribution < -0.4 is 4.74 Å². The fourth-order valence-corrected chi connectivity index (χ4v) is 1.22. The van der Waals surface area contributed by atoms with Gasteiger partial charge < -0.3 is 4.74 Å². The van der Waals surface area contributed by atoms with Gasteiger partial charge in [0.2, 0.25) is 0 Å². The molecule has 0 aliphatic rings. The first-order valence-electron chi connectivity index (χ1n) is 4.44. The van der Waals surface area contributed by atoms with Crippen molar-refractivity contribution in [2.24, 2.45) is 0 Å². The molecule has 2 nitrogen and oxygen atoms in total. The number of carbonyl (C=O) groups excluding carboxylic acids is 1. The van der Waals surface area contributed by atoms with Crippen molar-refractivity contribution in [2.75, 3.05) is 0 Å². The second-order valence-electron chi connectivity index (χ2n) is 3.38. The molecular formula is C12H14O2. The molecule has 0 saturated heterocycles. The molecule has 0 aliphatic carbocycles. The maximum absolute atomic E-state index is 10.6. The molecule has 0 saturated carbocycles. The molecule has 0 bridgehead atoms. The van der Waals surface area contributed by atoms with Crippen molar-refractivity contribution in [1.29, 1.82) is 0 Å². The molecule has 0 N–H and O–H groups in total. The van der Waals surface area contributed by atoms with E-state index in [1.54, 1.807) is 13.0 Å². The number of aryl methyl sites for hydroxylation is 1. The number of rotatable bonds is 3. The minimum absolute atomic E-state index is 0.621. The molecule has 74 valence electrons. The van der Waals surface area contributed by atoms with Crippen molar-refractivity contribution in [1.82, 2.24) is 0 Å². The Kier molecular flexibility index (Phi) is 3.07. The Balaban J connectivity index is 3.19. The van der Waals surface area contributed by atoms with Crippen LogP contribution in [-0.4, -0.2) is 6.29 Å². The molecular weight excluding hydrogens is 176 g/mol. The number of benzene rings is 1. The van der Waals surface area contributed by atoms with Crippen LogP contribution >= 0.6 is 0 Å². The number of hydrogen-bond acceptors (Lipinski definition) is 2. The number of carbonyl (C=O) groups is 1. The Morgan fingerprint density at radius 2 is 2.07 bits per heavy atom. The highest BCUT2D eigenvalue weighted by Gasteiger charge is 2.05. The zero-order chi connectivity index (χ0) is 10.7. The Hall–Kier alpha value is -1.57. The van der Waals surface area contributed by atoms with E-state index >= 15 is 0 Å². The van der Waals surface area contributed by atoms with Crippen molar-refractivity contribution >= 4 is 6.29 Å². The molecule has 0 atom stereocenters. The predicted octanol–water partition coefficient (Wildman–Crippen LogP) is 3.03. The fraction of sp³-hybridized carbons (Fsp3) is 0.250. The van der Waals surface area contributed by atoms with Gasteiger partial charge in [-0.05, 0) is 44.0 Å². The summed E-state index contributed by atoms with van der Waals surface area (Å²) >= 11 is 0. The largest absolute Gasteiger partial charge is 0.462 e. The van der Waals surface area contributed by atoms with Crippen LogP contribution in [0.2, 0.25) is 0 Å². The maximum atomic E-state index is 10.6. The number of aldehydes is 1. The summed E-state index contributed by atoms with van der Waals surface area (Å²) in [7, 11) is 0. The van der Waals surface area contributed by atoms with E-state index in [0.29, 0.717) is 17.1 Å². The van der Waals surface area contributed by atoms with Gasteiger partial charge in [0.15, 0.2) is 0 Å². The van der Waals surface area contributed by atoms with Crippen LogP contribution in [0.1, 0.15) is 28.4 Å². The Bertz CT molecular complexity index is 378. The third-order valence-electron chi connectivity index (χ3n) is 2.06. The lowest BCUT2D eigenvalue weighted by molar-refractivity contribution is 0.112. The van der Waals surface area contributed by atoms with Gasteiger partial charge in [-0.3, -0.25) is 4.79 Å².